The first kappa shape index (κ1) is 33.3. The zero-order valence-electron chi connectivity index (χ0n) is 25.2. The van der Waals surface area contributed by atoms with Gasteiger partial charge in [0.2, 0.25) is 0 Å². The van der Waals surface area contributed by atoms with Crippen LogP contribution in [0.5, 0.6) is 0 Å². The number of allylic oxidation sites excluding steroid dienone is 4. The van der Waals surface area contributed by atoms with Gasteiger partial charge >= 0.3 is 5.97 Å². The van der Waals surface area contributed by atoms with Crippen LogP contribution >= 0.6 is 11.6 Å². The molecule has 3 fully saturated rings. The number of halogens is 1. The Kier molecular flexibility index (Phi) is 15.3. The maximum atomic E-state index is 11.4. The number of carbonyl (C=O) groups excluding carboxylic acids is 1. The Balaban J connectivity index is 1.72. The Labute approximate surface area is 247 Å². The first-order valence-corrected chi connectivity index (χ1v) is 16.0. The normalized spacial score (nSPS) is 30.9. The van der Waals surface area contributed by atoms with Crippen molar-refractivity contribution in [2.75, 3.05) is 20.3 Å². The predicted molar refractivity (Wildman–Crippen MR) is 160 cm³/mol. The topological polar surface area (TPSA) is 63.2 Å². The monoisotopic (exact) mass is 580 g/mol. The van der Waals surface area contributed by atoms with Crippen LogP contribution in [0.15, 0.2) is 36.0 Å². The van der Waals surface area contributed by atoms with Crippen LogP contribution in [-0.4, -0.2) is 56.5 Å². The number of methoxy groups -OCH3 is 1. The molecule has 0 aromatic rings. The minimum absolute atomic E-state index is 0.0132. The molecule has 2 saturated heterocycles. The van der Waals surface area contributed by atoms with Gasteiger partial charge in [-0.25, -0.2) is 0 Å². The van der Waals surface area contributed by atoms with E-state index in [9.17, 15) is 4.79 Å². The summed E-state index contributed by atoms with van der Waals surface area (Å²) in [7, 11) is 1.43. The third kappa shape index (κ3) is 11.6. The van der Waals surface area contributed by atoms with Crippen molar-refractivity contribution in [3.8, 4) is 0 Å². The largest absolute Gasteiger partial charge is 0.469 e. The van der Waals surface area contributed by atoms with Gasteiger partial charge in [0.1, 0.15) is 0 Å². The van der Waals surface area contributed by atoms with Crippen molar-refractivity contribution in [3.63, 3.8) is 0 Å². The van der Waals surface area contributed by atoms with Crippen molar-refractivity contribution in [2.45, 2.75) is 128 Å². The van der Waals surface area contributed by atoms with Crippen molar-refractivity contribution >= 4 is 17.6 Å². The summed E-state index contributed by atoms with van der Waals surface area (Å²) in [5.41, 5.74) is 1.32. The van der Waals surface area contributed by atoms with Crippen molar-refractivity contribution in [1.29, 1.82) is 0 Å². The van der Waals surface area contributed by atoms with Gasteiger partial charge in [-0.15, -0.1) is 11.6 Å². The molecule has 0 aromatic carbocycles. The molecular weight excluding hydrogens is 528 g/mol. The Morgan fingerprint density at radius 2 is 1.77 bits per heavy atom. The number of ether oxygens (including phenoxy) is 5. The third-order valence-electron chi connectivity index (χ3n) is 8.29. The molecule has 0 amide bonds. The van der Waals surface area contributed by atoms with Crippen molar-refractivity contribution < 1.29 is 28.5 Å². The first-order valence-electron chi connectivity index (χ1n) is 15.6. The molecule has 3 aliphatic rings. The molecule has 1 aliphatic carbocycles. The number of esters is 1. The van der Waals surface area contributed by atoms with Gasteiger partial charge in [-0.1, -0.05) is 42.9 Å². The standard InChI is InChI=1S/C33H53ClO6/c1-24(2)17-18-25(3)29(39-32-15-9-11-21-37-32)20-19-27-26(13-7-5-6-8-14-31(35)36-4)28(34)23-30(27)40-33-16-10-12-22-38-33/h5,7,17,19-20,25-30,32-33H,6,8-16,18,21-23H2,1-4H3/b7-5-,20-19+/t25?,26-,27-,28+,29-,30-,32?,33?/m1/s1. The second-order valence-corrected chi connectivity index (χ2v) is 12.5. The summed E-state index contributed by atoms with van der Waals surface area (Å²) in [5, 5.41) is 0.0205. The second-order valence-electron chi connectivity index (χ2n) is 11.9. The van der Waals surface area contributed by atoms with Gasteiger partial charge in [-0.05, 0) is 96.3 Å². The Morgan fingerprint density at radius 1 is 1.05 bits per heavy atom. The molecule has 0 bridgehead atoms. The zero-order chi connectivity index (χ0) is 28.7. The van der Waals surface area contributed by atoms with Crippen LogP contribution in [0.3, 0.4) is 0 Å². The Morgan fingerprint density at radius 3 is 2.42 bits per heavy atom. The summed E-state index contributed by atoms with van der Waals surface area (Å²) in [5.74, 6) is 0.582. The molecule has 3 rings (SSSR count). The highest BCUT2D eigenvalue weighted by molar-refractivity contribution is 6.21. The molecule has 8 atom stereocenters. The summed E-state index contributed by atoms with van der Waals surface area (Å²) >= 11 is 7.00. The summed E-state index contributed by atoms with van der Waals surface area (Å²) in [6.07, 6.45) is 22.0. The highest BCUT2D eigenvalue weighted by atomic mass is 35.5. The lowest BCUT2D eigenvalue weighted by Crippen LogP contribution is -2.32. The van der Waals surface area contributed by atoms with Crippen LogP contribution in [0.2, 0.25) is 0 Å². The molecule has 0 radical (unpaired) electrons. The average molecular weight is 581 g/mol. The maximum Gasteiger partial charge on any atom is 0.305 e. The van der Waals surface area contributed by atoms with E-state index in [1.807, 2.05) is 0 Å². The van der Waals surface area contributed by atoms with Gasteiger partial charge in [0.05, 0.1) is 19.3 Å². The molecule has 6 nitrogen and oxygen atoms in total. The van der Waals surface area contributed by atoms with E-state index in [-0.39, 0.29) is 48.0 Å². The lowest BCUT2D eigenvalue weighted by molar-refractivity contribution is -0.193. The average Bonchev–Trinajstić information content (AvgIpc) is 3.25. The van der Waals surface area contributed by atoms with Crippen molar-refractivity contribution in [2.24, 2.45) is 17.8 Å². The van der Waals surface area contributed by atoms with Crippen molar-refractivity contribution in [1.82, 2.24) is 0 Å². The van der Waals surface area contributed by atoms with E-state index in [0.29, 0.717) is 12.3 Å². The molecule has 0 aromatic heterocycles. The SMILES string of the molecule is COC(=O)CCC/C=C\C[C@@H]1[C@@H](/C=C/[C@@H](OC2CCCCO2)C(C)CC=C(C)C)[C@H](OC2CCCCO2)C[C@@H]1Cl. The molecule has 0 N–H and O–H groups in total. The highest BCUT2D eigenvalue weighted by Gasteiger charge is 2.42. The number of rotatable bonds is 15. The fourth-order valence-corrected chi connectivity index (χ4v) is 6.24. The fraction of sp³-hybridized carbons (Fsp3) is 0.788. The predicted octanol–water partition coefficient (Wildman–Crippen LogP) is 7.89. The van der Waals surface area contributed by atoms with Crippen LogP contribution in [0.4, 0.5) is 0 Å². The van der Waals surface area contributed by atoms with Gasteiger partial charge in [-0.2, -0.15) is 0 Å². The fourth-order valence-electron chi connectivity index (χ4n) is 5.80. The van der Waals surface area contributed by atoms with E-state index in [1.54, 1.807) is 0 Å². The van der Waals surface area contributed by atoms with Crippen LogP contribution in [0, 0.1) is 17.8 Å². The molecule has 1 saturated carbocycles. The third-order valence-corrected chi connectivity index (χ3v) is 8.79. The van der Waals surface area contributed by atoms with Crippen LogP contribution in [-0.2, 0) is 28.5 Å². The van der Waals surface area contributed by atoms with Gasteiger partial charge in [0.25, 0.3) is 0 Å². The maximum absolute atomic E-state index is 11.4. The van der Waals surface area contributed by atoms with E-state index >= 15 is 0 Å². The van der Waals surface area contributed by atoms with Gasteiger partial charge in [0, 0.05) is 30.9 Å². The van der Waals surface area contributed by atoms with Crippen LogP contribution in [0.25, 0.3) is 0 Å². The number of alkyl halides is 1. The molecule has 228 valence electrons. The summed E-state index contributed by atoms with van der Waals surface area (Å²) in [4.78, 5) is 11.4. The summed E-state index contributed by atoms with van der Waals surface area (Å²) in [6, 6.07) is 0. The molecule has 7 heteroatoms. The minimum atomic E-state index is -0.158. The Bertz CT molecular complexity index is 810. The Hall–Kier alpha value is -1.18. The first-order chi connectivity index (χ1) is 19.4. The minimum Gasteiger partial charge on any atom is -0.469 e. The second kappa shape index (κ2) is 18.4. The van der Waals surface area contributed by atoms with E-state index in [0.717, 1.165) is 83.8 Å². The van der Waals surface area contributed by atoms with E-state index in [2.05, 4.69) is 51.2 Å². The molecule has 40 heavy (non-hydrogen) atoms. The summed E-state index contributed by atoms with van der Waals surface area (Å²) in [6.45, 7) is 8.08. The van der Waals surface area contributed by atoms with Crippen molar-refractivity contribution in [3.05, 3.63) is 36.0 Å². The van der Waals surface area contributed by atoms with E-state index in [4.69, 9.17) is 35.3 Å². The zero-order valence-corrected chi connectivity index (χ0v) is 26.0. The number of hydrogen-bond acceptors (Lipinski definition) is 6. The smallest absolute Gasteiger partial charge is 0.305 e. The van der Waals surface area contributed by atoms with E-state index < -0.39 is 0 Å². The highest BCUT2D eigenvalue weighted by Crippen LogP contribution is 2.42. The van der Waals surface area contributed by atoms with Crippen LogP contribution < -0.4 is 0 Å². The van der Waals surface area contributed by atoms with Crippen LogP contribution in [0.1, 0.15) is 97.8 Å². The molecule has 3 unspecified atom stereocenters. The molecule has 2 heterocycles. The molecular formula is C33H53ClO6. The lowest BCUT2D eigenvalue weighted by atomic mass is 9.89. The number of hydrogen-bond donors (Lipinski definition) is 0. The van der Waals surface area contributed by atoms with Gasteiger partial charge in [0.15, 0.2) is 12.6 Å². The number of carbonyl (C=O) groups is 1. The quantitative estimate of drug-likeness (QED) is 0.0849. The molecule has 2 aliphatic heterocycles. The van der Waals surface area contributed by atoms with Gasteiger partial charge in [-0.3, -0.25) is 4.79 Å². The van der Waals surface area contributed by atoms with E-state index in [1.165, 1.54) is 12.7 Å². The number of unbranched alkanes of at least 4 members (excludes halogenated alkanes) is 1. The lowest BCUT2D eigenvalue weighted by Gasteiger charge is -2.31. The summed E-state index contributed by atoms with van der Waals surface area (Å²) < 4.78 is 29.8. The molecule has 0 spiro atoms. The van der Waals surface area contributed by atoms with Gasteiger partial charge < -0.3 is 23.7 Å².